The van der Waals surface area contributed by atoms with E-state index >= 15 is 0 Å². The van der Waals surface area contributed by atoms with Crippen molar-refractivity contribution < 1.29 is 0 Å². The van der Waals surface area contributed by atoms with Crippen LogP contribution in [0.3, 0.4) is 0 Å². The molecule has 0 aliphatic heterocycles. The minimum atomic E-state index is 0.143. The van der Waals surface area contributed by atoms with Gasteiger partial charge in [-0.25, -0.2) is 0 Å². The van der Waals surface area contributed by atoms with Crippen molar-refractivity contribution in [3.05, 3.63) is 35.4 Å². The van der Waals surface area contributed by atoms with Crippen molar-refractivity contribution in [3.8, 4) is 0 Å². The number of hydrogen-bond donors (Lipinski definition) is 2. The lowest BCUT2D eigenvalue weighted by Crippen LogP contribution is -2.13. The summed E-state index contributed by atoms with van der Waals surface area (Å²) >= 11 is 0. The fraction of sp³-hybridized carbons (Fsp3) is 0.455. The average Bonchev–Trinajstić information content (AvgIpc) is 2.15. The number of rotatable bonds is 4. The minimum Gasteiger partial charge on any atom is -0.330 e. The Balaban J connectivity index is 2.65. The summed E-state index contributed by atoms with van der Waals surface area (Å²) in [5, 5.41) is 0. The van der Waals surface area contributed by atoms with Gasteiger partial charge in [0.05, 0.1) is 0 Å². The molecule has 0 bridgehead atoms. The molecule has 0 heterocycles. The Hall–Kier alpha value is -0.860. The van der Waals surface area contributed by atoms with Crippen molar-refractivity contribution in [2.75, 3.05) is 6.54 Å². The fourth-order valence-corrected chi connectivity index (χ4v) is 1.50. The van der Waals surface area contributed by atoms with Gasteiger partial charge in [-0.2, -0.15) is 0 Å². The van der Waals surface area contributed by atoms with Crippen LogP contribution in [0.4, 0.5) is 0 Å². The summed E-state index contributed by atoms with van der Waals surface area (Å²) in [6.07, 6.45) is 1.97. The monoisotopic (exact) mass is 178 g/mol. The van der Waals surface area contributed by atoms with E-state index in [1.54, 1.807) is 0 Å². The molecule has 0 aliphatic rings. The van der Waals surface area contributed by atoms with Crippen molar-refractivity contribution in [2.45, 2.75) is 25.8 Å². The van der Waals surface area contributed by atoms with E-state index in [4.69, 9.17) is 11.5 Å². The first-order valence-electron chi connectivity index (χ1n) is 4.77. The van der Waals surface area contributed by atoms with Crippen LogP contribution in [0.5, 0.6) is 0 Å². The zero-order chi connectivity index (χ0) is 9.68. The van der Waals surface area contributed by atoms with Crippen LogP contribution in [0.25, 0.3) is 0 Å². The molecule has 0 amide bonds. The van der Waals surface area contributed by atoms with E-state index in [0.717, 1.165) is 19.4 Å². The van der Waals surface area contributed by atoms with E-state index in [1.807, 2.05) is 12.1 Å². The zero-order valence-electron chi connectivity index (χ0n) is 8.16. The quantitative estimate of drug-likeness (QED) is 0.737. The van der Waals surface area contributed by atoms with E-state index in [2.05, 4.69) is 19.1 Å². The Kier molecular flexibility index (Phi) is 3.93. The predicted molar refractivity (Wildman–Crippen MR) is 56.4 cm³/mol. The fourth-order valence-electron chi connectivity index (χ4n) is 1.50. The second-order valence-corrected chi connectivity index (χ2v) is 3.39. The van der Waals surface area contributed by atoms with Crippen LogP contribution in [-0.4, -0.2) is 6.54 Å². The molecule has 1 aromatic rings. The third kappa shape index (κ3) is 2.83. The zero-order valence-corrected chi connectivity index (χ0v) is 8.16. The standard InChI is InChI=1S/C11H18N2/c1-9-5-2-3-6-10(9)11(13)7-4-8-12/h2-3,5-6,11H,4,7-8,12-13H2,1H3/t11-/m1/s1. The van der Waals surface area contributed by atoms with E-state index in [0.29, 0.717) is 0 Å². The molecule has 0 aromatic heterocycles. The van der Waals surface area contributed by atoms with Crippen molar-refractivity contribution in [3.63, 3.8) is 0 Å². The molecule has 4 N–H and O–H groups in total. The van der Waals surface area contributed by atoms with Crippen LogP contribution in [0.15, 0.2) is 24.3 Å². The van der Waals surface area contributed by atoms with Gasteiger partial charge in [0.15, 0.2) is 0 Å². The summed E-state index contributed by atoms with van der Waals surface area (Å²) in [5.74, 6) is 0. The Morgan fingerprint density at radius 2 is 2.00 bits per heavy atom. The molecule has 72 valence electrons. The van der Waals surface area contributed by atoms with Gasteiger partial charge in [-0.3, -0.25) is 0 Å². The van der Waals surface area contributed by atoms with Crippen LogP contribution in [0.1, 0.15) is 30.0 Å². The van der Waals surface area contributed by atoms with Crippen molar-refractivity contribution in [2.24, 2.45) is 11.5 Å². The van der Waals surface area contributed by atoms with Crippen molar-refractivity contribution in [1.29, 1.82) is 0 Å². The third-order valence-electron chi connectivity index (χ3n) is 2.31. The SMILES string of the molecule is Cc1ccccc1[C@H](N)CCCN. The Bertz CT molecular complexity index is 258. The second-order valence-electron chi connectivity index (χ2n) is 3.39. The lowest BCUT2D eigenvalue weighted by molar-refractivity contribution is 0.615. The largest absolute Gasteiger partial charge is 0.330 e. The highest BCUT2D eigenvalue weighted by atomic mass is 14.6. The number of aryl methyl sites for hydroxylation is 1. The van der Waals surface area contributed by atoms with Crippen LogP contribution in [0.2, 0.25) is 0 Å². The molecule has 0 saturated carbocycles. The number of hydrogen-bond acceptors (Lipinski definition) is 2. The first kappa shape index (κ1) is 10.2. The van der Waals surface area contributed by atoms with Crippen LogP contribution in [0, 0.1) is 6.92 Å². The lowest BCUT2D eigenvalue weighted by atomic mass is 9.98. The van der Waals surface area contributed by atoms with E-state index < -0.39 is 0 Å². The number of nitrogens with two attached hydrogens (primary N) is 2. The number of benzene rings is 1. The maximum atomic E-state index is 6.03. The highest BCUT2D eigenvalue weighted by Crippen LogP contribution is 2.18. The smallest absolute Gasteiger partial charge is 0.0297 e. The molecule has 0 fully saturated rings. The molecule has 2 heteroatoms. The van der Waals surface area contributed by atoms with Gasteiger partial charge in [0.1, 0.15) is 0 Å². The van der Waals surface area contributed by atoms with Crippen LogP contribution in [-0.2, 0) is 0 Å². The molecular weight excluding hydrogens is 160 g/mol. The molecule has 0 aliphatic carbocycles. The van der Waals surface area contributed by atoms with Gasteiger partial charge in [0.25, 0.3) is 0 Å². The predicted octanol–water partition coefficient (Wildman–Crippen LogP) is 1.73. The summed E-state index contributed by atoms with van der Waals surface area (Å²) in [5.41, 5.74) is 14.0. The first-order valence-corrected chi connectivity index (χ1v) is 4.77. The molecular formula is C11H18N2. The third-order valence-corrected chi connectivity index (χ3v) is 2.31. The molecule has 0 radical (unpaired) electrons. The molecule has 1 rings (SSSR count). The molecule has 0 spiro atoms. The van der Waals surface area contributed by atoms with Gasteiger partial charge < -0.3 is 11.5 Å². The summed E-state index contributed by atoms with van der Waals surface area (Å²) in [4.78, 5) is 0. The van der Waals surface area contributed by atoms with Gasteiger partial charge >= 0.3 is 0 Å². The molecule has 2 nitrogen and oxygen atoms in total. The van der Waals surface area contributed by atoms with Gasteiger partial charge in [-0.1, -0.05) is 24.3 Å². The minimum absolute atomic E-state index is 0.143. The van der Waals surface area contributed by atoms with Crippen molar-refractivity contribution in [1.82, 2.24) is 0 Å². The Labute approximate surface area is 79.9 Å². The summed E-state index contributed by atoms with van der Waals surface area (Å²) < 4.78 is 0. The van der Waals surface area contributed by atoms with Gasteiger partial charge in [0.2, 0.25) is 0 Å². The van der Waals surface area contributed by atoms with Gasteiger partial charge in [-0.05, 0) is 37.4 Å². The molecule has 0 saturated heterocycles. The highest BCUT2D eigenvalue weighted by molar-refractivity contribution is 5.28. The maximum absolute atomic E-state index is 6.03. The molecule has 1 aromatic carbocycles. The molecule has 1 atom stereocenters. The molecule has 0 unspecified atom stereocenters. The maximum Gasteiger partial charge on any atom is 0.0297 e. The van der Waals surface area contributed by atoms with Crippen LogP contribution >= 0.6 is 0 Å². The Morgan fingerprint density at radius 1 is 1.31 bits per heavy atom. The summed E-state index contributed by atoms with van der Waals surface area (Å²) in [6, 6.07) is 8.40. The molecule has 13 heavy (non-hydrogen) atoms. The Morgan fingerprint density at radius 3 is 2.62 bits per heavy atom. The van der Waals surface area contributed by atoms with Gasteiger partial charge in [-0.15, -0.1) is 0 Å². The highest BCUT2D eigenvalue weighted by Gasteiger charge is 2.06. The normalized spacial score (nSPS) is 12.8. The summed E-state index contributed by atoms with van der Waals surface area (Å²) in [7, 11) is 0. The first-order chi connectivity index (χ1) is 6.25. The van der Waals surface area contributed by atoms with E-state index in [9.17, 15) is 0 Å². The average molecular weight is 178 g/mol. The van der Waals surface area contributed by atoms with E-state index in [-0.39, 0.29) is 6.04 Å². The topological polar surface area (TPSA) is 52.0 Å². The van der Waals surface area contributed by atoms with E-state index in [1.165, 1.54) is 11.1 Å². The van der Waals surface area contributed by atoms with Crippen molar-refractivity contribution >= 4 is 0 Å². The van der Waals surface area contributed by atoms with Gasteiger partial charge in [0, 0.05) is 6.04 Å². The lowest BCUT2D eigenvalue weighted by Gasteiger charge is -2.13. The van der Waals surface area contributed by atoms with Crippen LogP contribution < -0.4 is 11.5 Å². The summed E-state index contributed by atoms with van der Waals surface area (Å²) in [6.45, 7) is 2.82. The second kappa shape index (κ2) is 5.00.